The monoisotopic (exact) mass is 312 g/mol. The highest BCUT2D eigenvalue weighted by Crippen LogP contribution is 2.36. The first-order valence-corrected chi connectivity index (χ1v) is 7.89. The minimum atomic E-state index is -0.419. The largest absolute Gasteiger partial charge is 0.398 e. The van der Waals surface area contributed by atoms with Crippen molar-refractivity contribution in [2.24, 2.45) is 0 Å². The number of para-hydroxylation sites is 1. The molecule has 2 aromatic carbocycles. The lowest BCUT2D eigenvalue weighted by Gasteiger charge is -2.15. The van der Waals surface area contributed by atoms with Gasteiger partial charge in [0.1, 0.15) is 0 Å². The van der Waals surface area contributed by atoms with Gasteiger partial charge in [-0.3, -0.25) is 9.59 Å². The SMILES string of the molecule is Cc1cccc(N2C(=O)CC(Sc3ccccc3N)C2=O)c1. The third kappa shape index (κ3) is 2.72. The highest BCUT2D eigenvalue weighted by atomic mass is 32.2. The lowest BCUT2D eigenvalue weighted by atomic mass is 10.2. The van der Waals surface area contributed by atoms with E-state index in [0.29, 0.717) is 11.4 Å². The van der Waals surface area contributed by atoms with Gasteiger partial charge in [0.05, 0.1) is 10.9 Å². The number of aryl methyl sites for hydroxylation is 1. The van der Waals surface area contributed by atoms with Gasteiger partial charge in [-0.1, -0.05) is 24.3 Å². The summed E-state index contributed by atoms with van der Waals surface area (Å²) in [7, 11) is 0. The number of hydrogen-bond acceptors (Lipinski definition) is 4. The summed E-state index contributed by atoms with van der Waals surface area (Å²) in [4.78, 5) is 26.9. The zero-order chi connectivity index (χ0) is 15.7. The second kappa shape index (κ2) is 5.85. The summed E-state index contributed by atoms with van der Waals surface area (Å²) in [6, 6.07) is 14.8. The van der Waals surface area contributed by atoms with Crippen LogP contribution in [0.5, 0.6) is 0 Å². The Morgan fingerprint density at radius 2 is 1.91 bits per heavy atom. The molecule has 22 heavy (non-hydrogen) atoms. The molecular formula is C17H16N2O2S. The van der Waals surface area contributed by atoms with Crippen molar-refractivity contribution in [2.45, 2.75) is 23.5 Å². The predicted molar refractivity (Wildman–Crippen MR) is 88.8 cm³/mol. The van der Waals surface area contributed by atoms with E-state index in [-0.39, 0.29) is 18.2 Å². The maximum Gasteiger partial charge on any atom is 0.247 e. The van der Waals surface area contributed by atoms with E-state index in [0.717, 1.165) is 10.5 Å². The molecule has 1 unspecified atom stereocenters. The molecule has 0 saturated carbocycles. The van der Waals surface area contributed by atoms with Crippen LogP contribution in [0.4, 0.5) is 11.4 Å². The van der Waals surface area contributed by atoms with Gasteiger partial charge in [0.2, 0.25) is 11.8 Å². The van der Waals surface area contributed by atoms with Crippen LogP contribution < -0.4 is 10.6 Å². The Morgan fingerprint density at radius 1 is 1.14 bits per heavy atom. The van der Waals surface area contributed by atoms with Crippen molar-refractivity contribution < 1.29 is 9.59 Å². The number of rotatable bonds is 3. The number of amides is 2. The summed E-state index contributed by atoms with van der Waals surface area (Å²) in [6.45, 7) is 1.94. The molecule has 4 nitrogen and oxygen atoms in total. The van der Waals surface area contributed by atoms with Crippen LogP contribution >= 0.6 is 11.8 Å². The fourth-order valence-electron chi connectivity index (χ4n) is 2.48. The van der Waals surface area contributed by atoms with Crippen LogP contribution in [0.3, 0.4) is 0 Å². The minimum Gasteiger partial charge on any atom is -0.398 e. The summed E-state index contributed by atoms with van der Waals surface area (Å²) in [6.07, 6.45) is 0.200. The van der Waals surface area contributed by atoms with E-state index >= 15 is 0 Å². The number of carbonyl (C=O) groups is 2. The smallest absolute Gasteiger partial charge is 0.247 e. The van der Waals surface area contributed by atoms with E-state index in [1.807, 2.05) is 43.3 Å². The molecule has 1 aliphatic heterocycles. The van der Waals surface area contributed by atoms with E-state index in [4.69, 9.17) is 5.73 Å². The number of nitrogens with two attached hydrogens (primary N) is 1. The number of nitrogen functional groups attached to an aromatic ring is 1. The van der Waals surface area contributed by atoms with Crippen LogP contribution in [0, 0.1) is 6.92 Å². The summed E-state index contributed by atoms with van der Waals surface area (Å²) in [5, 5.41) is -0.419. The summed E-state index contributed by atoms with van der Waals surface area (Å²) < 4.78 is 0. The molecule has 2 aromatic rings. The molecule has 0 spiro atoms. The van der Waals surface area contributed by atoms with Crippen molar-refractivity contribution >= 4 is 35.0 Å². The molecule has 1 heterocycles. The quantitative estimate of drug-likeness (QED) is 0.699. The Balaban J connectivity index is 1.84. The Bertz CT molecular complexity index is 745. The molecule has 0 bridgehead atoms. The van der Waals surface area contributed by atoms with Crippen LogP contribution in [0.1, 0.15) is 12.0 Å². The Hall–Kier alpha value is -2.27. The minimum absolute atomic E-state index is 0.164. The van der Waals surface area contributed by atoms with E-state index < -0.39 is 5.25 Å². The van der Waals surface area contributed by atoms with Crippen LogP contribution in [-0.2, 0) is 9.59 Å². The van der Waals surface area contributed by atoms with Crippen LogP contribution in [0.25, 0.3) is 0 Å². The number of benzene rings is 2. The van der Waals surface area contributed by atoms with Crippen molar-refractivity contribution in [1.29, 1.82) is 0 Å². The average Bonchev–Trinajstić information content (AvgIpc) is 2.76. The number of nitrogens with zero attached hydrogens (tertiary/aromatic N) is 1. The number of anilines is 2. The van der Waals surface area contributed by atoms with Crippen LogP contribution in [0.15, 0.2) is 53.4 Å². The van der Waals surface area contributed by atoms with Crippen molar-refractivity contribution in [3.05, 3.63) is 54.1 Å². The molecule has 0 radical (unpaired) electrons. The molecule has 1 aliphatic rings. The van der Waals surface area contributed by atoms with E-state index in [1.54, 1.807) is 12.1 Å². The number of thioether (sulfide) groups is 1. The summed E-state index contributed by atoms with van der Waals surface area (Å²) in [5.41, 5.74) is 8.19. The van der Waals surface area contributed by atoms with Crippen LogP contribution in [0.2, 0.25) is 0 Å². The third-order valence-corrected chi connectivity index (χ3v) is 4.83. The highest BCUT2D eigenvalue weighted by molar-refractivity contribution is 8.00. The van der Waals surface area contributed by atoms with Gasteiger partial charge in [0.15, 0.2) is 0 Å². The topological polar surface area (TPSA) is 63.4 Å². The molecule has 112 valence electrons. The van der Waals surface area contributed by atoms with Crippen molar-refractivity contribution in [3.63, 3.8) is 0 Å². The molecule has 1 atom stereocenters. The fraction of sp³-hybridized carbons (Fsp3) is 0.176. The standard InChI is InChI=1S/C17H16N2O2S/c1-11-5-4-6-12(9-11)19-16(20)10-15(17(19)21)22-14-8-3-2-7-13(14)18/h2-9,15H,10,18H2,1H3. The molecule has 1 fully saturated rings. The third-order valence-electron chi connectivity index (χ3n) is 3.55. The van der Waals surface area contributed by atoms with Gasteiger partial charge in [0, 0.05) is 17.0 Å². The van der Waals surface area contributed by atoms with Gasteiger partial charge in [0.25, 0.3) is 0 Å². The molecule has 0 aromatic heterocycles. The number of hydrogen-bond donors (Lipinski definition) is 1. The molecular weight excluding hydrogens is 296 g/mol. The lowest BCUT2D eigenvalue weighted by Crippen LogP contribution is -2.31. The summed E-state index contributed by atoms with van der Waals surface area (Å²) in [5.74, 6) is -0.341. The second-order valence-corrected chi connectivity index (χ2v) is 6.50. The Morgan fingerprint density at radius 3 is 2.64 bits per heavy atom. The molecule has 1 saturated heterocycles. The van der Waals surface area contributed by atoms with E-state index in [2.05, 4.69) is 0 Å². The Kier molecular flexibility index (Phi) is 3.90. The first-order chi connectivity index (χ1) is 10.6. The van der Waals surface area contributed by atoms with Crippen molar-refractivity contribution in [3.8, 4) is 0 Å². The molecule has 2 N–H and O–H groups in total. The average molecular weight is 312 g/mol. The zero-order valence-electron chi connectivity index (χ0n) is 12.2. The fourth-order valence-corrected chi connectivity index (χ4v) is 3.58. The molecule has 5 heteroatoms. The van der Waals surface area contributed by atoms with Gasteiger partial charge >= 0.3 is 0 Å². The van der Waals surface area contributed by atoms with Gasteiger partial charge < -0.3 is 5.73 Å². The lowest BCUT2D eigenvalue weighted by molar-refractivity contribution is -0.121. The maximum atomic E-state index is 12.6. The zero-order valence-corrected chi connectivity index (χ0v) is 13.0. The maximum absolute atomic E-state index is 12.6. The van der Waals surface area contributed by atoms with Crippen molar-refractivity contribution in [1.82, 2.24) is 0 Å². The second-order valence-electron chi connectivity index (χ2n) is 5.25. The van der Waals surface area contributed by atoms with Gasteiger partial charge in [-0.15, -0.1) is 11.8 Å². The first-order valence-electron chi connectivity index (χ1n) is 7.01. The molecule has 0 aliphatic carbocycles. The van der Waals surface area contributed by atoms with Crippen molar-refractivity contribution in [2.75, 3.05) is 10.6 Å². The molecule has 2 amide bonds. The highest BCUT2D eigenvalue weighted by Gasteiger charge is 2.40. The van der Waals surface area contributed by atoms with Gasteiger partial charge in [-0.05, 0) is 36.8 Å². The first kappa shape index (κ1) is 14.7. The van der Waals surface area contributed by atoms with E-state index in [1.165, 1.54) is 16.7 Å². The Labute approximate surface area is 133 Å². The van der Waals surface area contributed by atoms with Crippen LogP contribution in [-0.4, -0.2) is 17.1 Å². The van der Waals surface area contributed by atoms with E-state index in [9.17, 15) is 9.59 Å². The number of imide groups is 1. The molecule has 3 rings (SSSR count). The van der Waals surface area contributed by atoms with Gasteiger partial charge in [-0.25, -0.2) is 4.90 Å². The number of carbonyl (C=O) groups excluding carboxylic acids is 2. The normalized spacial score (nSPS) is 18.0. The predicted octanol–water partition coefficient (Wildman–Crippen LogP) is 3.00. The summed E-state index contributed by atoms with van der Waals surface area (Å²) >= 11 is 1.36. The van der Waals surface area contributed by atoms with Gasteiger partial charge in [-0.2, -0.15) is 0 Å².